The summed E-state index contributed by atoms with van der Waals surface area (Å²) in [6, 6.07) is 4.65. The topological polar surface area (TPSA) is 37.4 Å². The van der Waals surface area contributed by atoms with Crippen molar-refractivity contribution in [1.29, 1.82) is 0 Å². The summed E-state index contributed by atoms with van der Waals surface area (Å²) in [7, 11) is 1.75. The summed E-state index contributed by atoms with van der Waals surface area (Å²) >= 11 is 0. The molecule has 2 rings (SSSR count). The lowest BCUT2D eigenvalue weighted by atomic mass is 10.1. The molecule has 20 heavy (non-hydrogen) atoms. The molecule has 1 aromatic heterocycles. The SMILES string of the molecule is CCNC(C)c1ccnc(N2CC=C(COC)CC2)c1. The Balaban J connectivity index is 2.05. The van der Waals surface area contributed by atoms with Crippen LogP contribution in [0.25, 0.3) is 0 Å². The molecule has 0 spiro atoms. The molecule has 1 aliphatic heterocycles. The van der Waals surface area contributed by atoms with Gasteiger partial charge in [-0.2, -0.15) is 0 Å². The molecule has 4 nitrogen and oxygen atoms in total. The summed E-state index contributed by atoms with van der Waals surface area (Å²) in [6.45, 7) is 7.98. The van der Waals surface area contributed by atoms with Crippen LogP contribution in [0.3, 0.4) is 0 Å². The van der Waals surface area contributed by atoms with Gasteiger partial charge in [-0.05, 0) is 43.2 Å². The van der Waals surface area contributed by atoms with E-state index in [0.717, 1.165) is 38.5 Å². The number of hydrogen-bond acceptors (Lipinski definition) is 4. The zero-order valence-corrected chi connectivity index (χ0v) is 12.7. The maximum Gasteiger partial charge on any atom is 0.129 e. The van der Waals surface area contributed by atoms with Gasteiger partial charge in [-0.1, -0.05) is 13.0 Å². The van der Waals surface area contributed by atoms with Crippen molar-refractivity contribution < 1.29 is 4.74 Å². The molecule has 1 unspecified atom stereocenters. The third-order valence-corrected chi connectivity index (χ3v) is 3.74. The lowest BCUT2D eigenvalue weighted by Gasteiger charge is -2.28. The predicted molar refractivity (Wildman–Crippen MR) is 83.1 cm³/mol. The van der Waals surface area contributed by atoms with Gasteiger partial charge in [0.25, 0.3) is 0 Å². The molecule has 1 aromatic rings. The second kappa shape index (κ2) is 7.41. The third kappa shape index (κ3) is 3.81. The van der Waals surface area contributed by atoms with Gasteiger partial charge < -0.3 is 15.0 Å². The molecule has 0 saturated heterocycles. The Morgan fingerprint density at radius 1 is 1.50 bits per heavy atom. The van der Waals surface area contributed by atoms with Crippen molar-refractivity contribution in [2.75, 3.05) is 38.3 Å². The fourth-order valence-corrected chi connectivity index (χ4v) is 2.54. The minimum Gasteiger partial charge on any atom is -0.380 e. The van der Waals surface area contributed by atoms with Crippen molar-refractivity contribution in [2.45, 2.75) is 26.3 Å². The lowest BCUT2D eigenvalue weighted by Crippen LogP contribution is -2.30. The summed E-state index contributed by atoms with van der Waals surface area (Å²) in [5.41, 5.74) is 2.68. The van der Waals surface area contributed by atoms with E-state index in [1.807, 2.05) is 6.20 Å². The summed E-state index contributed by atoms with van der Waals surface area (Å²) in [5.74, 6) is 1.07. The van der Waals surface area contributed by atoms with E-state index in [1.165, 1.54) is 11.1 Å². The highest BCUT2D eigenvalue weighted by Crippen LogP contribution is 2.21. The number of rotatable bonds is 6. The van der Waals surface area contributed by atoms with Gasteiger partial charge in [-0.15, -0.1) is 0 Å². The van der Waals surface area contributed by atoms with E-state index in [1.54, 1.807) is 7.11 Å². The molecule has 110 valence electrons. The molecule has 0 radical (unpaired) electrons. The zero-order chi connectivity index (χ0) is 14.4. The van der Waals surface area contributed by atoms with E-state index in [2.05, 4.69) is 47.3 Å². The fraction of sp³-hybridized carbons (Fsp3) is 0.562. The number of nitrogens with one attached hydrogen (secondary N) is 1. The minimum absolute atomic E-state index is 0.367. The highest BCUT2D eigenvalue weighted by molar-refractivity contribution is 5.44. The van der Waals surface area contributed by atoms with E-state index in [9.17, 15) is 0 Å². The van der Waals surface area contributed by atoms with E-state index in [4.69, 9.17) is 4.74 Å². The first kappa shape index (κ1) is 15.0. The van der Waals surface area contributed by atoms with Crippen LogP contribution in [0.15, 0.2) is 30.0 Å². The van der Waals surface area contributed by atoms with Crippen LogP contribution >= 0.6 is 0 Å². The maximum absolute atomic E-state index is 5.19. The van der Waals surface area contributed by atoms with Crippen LogP contribution in [0.1, 0.15) is 31.9 Å². The monoisotopic (exact) mass is 275 g/mol. The number of methoxy groups -OCH3 is 1. The Bertz CT molecular complexity index is 459. The summed E-state index contributed by atoms with van der Waals surface area (Å²) in [4.78, 5) is 6.84. The predicted octanol–water partition coefficient (Wildman–Crippen LogP) is 2.54. The van der Waals surface area contributed by atoms with Crippen LogP contribution in [0.5, 0.6) is 0 Å². The molecular formula is C16H25N3O. The Kier molecular flexibility index (Phi) is 5.56. The summed E-state index contributed by atoms with van der Waals surface area (Å²) < 4.78 is 5.19. The van der Waals surface area contributed by atoms with Crippen LogP contribution < -0.4 is 10.2 Å². The molecule has 0 fully saturated rings. The lowest BCUT2D eigenvalue weighted by molar-refractivity contribution is 0.222. The maximum atomic E-state index is 5.19. The quantitative estimate of drug-likeness (QED) is 0.810. The summed E-state index contributed by atoms with van der Waals surface area (Å²) in [5, 5.41) is 3.44. The Hall–Kier alpha value is -1.39. The van der Waals surface area contributed by atoms with Crippen LogP contribution in [0, 0.1) is 0 Å². The van der Waals surface area contributed by atoms with Crippen molar-refractivity contribution in [1.82, 2.24) is 10.3 Å². The van der Waals surface area contributed by atoms with Crippen molar-refractivity contribution in [3.8, 4) is 0 Å². The fourth-order valence-electron chi connectivity index (χ4n) is 2.54. The molecule has 1 N–H and O–H groups in total. The Labute approximate surface area is 121 Å². The number of ether oxygens (including phenoxy) is 1. The van der Waals surface area contributed by atoms with Gasteiger partial charge in [-0.3, -0.25) is 0 Å². The zero-order valence-electron chi connectivity index (χ0n) is 12.7. The first-order chi connectivity index (χ1) is 9.74. The molecule has 0 amide bonds. The normalized spacial score (nSPS) is 16.9. The average Bonchev–Trinajstić information content (AvgIpc) is 2.49. The van der Waals surface area contributed by atoms with Gasteiger partial charge in [0.2, 0.25) is 0 Å². The molecule has 0 aliphatic carbocycles. The van der Waals surface area contributed by atoms with Gasteiger partial charge in [0.15, 0.2) is 0 Å². The Morgan fingerprint density at radius 2 is 2.35 bits per heavy atom. The highest BCUT2D eigenvalue weighted by atomic mass is 16.5. The second-order valence-electron chi connectivity index (χ2n) is 5.22. The van der Waals surface area contributed by atoms with E-state index in [-0.39, 0.29) is 0 Å². The minimum atomic E-state index is 0.367. The number of nitrogens with zero attached hydrogens (tertiary/aromatic N) is 2. The van der Waals surface area contributed by atoms with Crippen molar-refractivity contribution in [3.05, 3.63) is 35.5 Å². The second-order valence-corrected chi connectivity index (χ2v) is 5.22. The van der Waals surface area contributed by atoms with Crippen molar-refractivity contribution in [3.63, 3.8) is 0 Å². The highest BCUT2D eigenvalue weighted by Gasteiger charge is 2.14. The van der Waals surface area contributed by atoms with E-state index in [0.29, 0.717) is 6.04 Å². The molecule has 1 aliphatic rings. The molecule has 0 saturated carbocycles. The van der Waals surface area contributed by atoms with Crippen LogP contribution in [-0.4, -0.2) is 38.3 Å². The molecule has 1 atom stereocenters. The standard InChI is InChI=1S/C16H25N3O/c1-4-17-13(2)15-5-8-18-16(11-15)19-9-6-14(7-10-19)12-20-3/h5-6,8,11,13,17H,4,7,9-10,12H2,1-3H3. The number of pyridine rings is 1. The number of aromatic nitrogens is 1. The van der Waals surface area contributed by atoms with Crippen LogP contribution in [-0.2, 0) is 4.74 Å². The smallest absolute Gasteiger partial charge is 0.129 e. The number of hydrogen-bond donors (Lipinski definition) is 1. The molecule has 0 bridgehead atoms. The van der Waals surface area contributed by atoms with Crippen LogP contribution in [0.4, 0.5) is 5.82 Å². The van der Waals surface area contributed by atoms with E-state index < -0.39 is 0 Å². The van der Waals surface area contributed by atoms with Gasteiger partial charge in [-0.25, -0.2) is 4.98 Å². The largest absolute Gasteiger partial charge is 0.380 e. The van der Waals surface area contributed by atoms with E-state index >= 15 is 0 Å². The number of anilines is 1. The third-order valence-electron chi connectivity index (χ3n) is 3.74. The summed E-state index contributed by atoms with van der Waals surface area (Å²) in [6.07, 6.45) is 5.23. The first-order valence-electron chi connectivity index (χ1n) is 7.35. The molecular weight excluding hydrogens is 250 g/mol. The molecule has 2 heterocycles. The van der Waals surface area contributed by atoms with Gasteiger partial charge in [0.05, 0.1) is 6.61 Å². The first-order valence-corrected chi connectivity index (χ1v) is 7.35. The van der Waals surface area contributed by atoms with Gasteiger partial charge >= 0.3 is 0 Å². The van der Waals surface area contributed by atoms with Crippen molar-refractivity contribution >= 4 is 5.82 Å². The van der Waals surface area contributed by atoms with Crippen molar-refractivity contribution in [2.24, 2.45) is 0 Å². The van der Waals surface area contributed by atoms with Crippen LogP contribution in [0.2, 0.25) is 0 Å². The molecule has 0 aromatic carbocycles. The van der Waals surface area contributed by atoms with Gasteiger partial charge in [0, 0.05) is 32.4 Å². The molecule has 4 heteroatoms. The Morgan fingerprint density at radius 3 is 3.00 bits per heavy atom. The average molecular weight is 275 g/mol. The van der Waals surface area contributed by atoms with Gasteiger partial charge in [0.1, 0.15) is 5.82 Å².